The van der Waals surface area contributed by atoms with E-state index in [1.807, 2.05) is 13.0 Å². The van der Waals surface area contributed by atoms with Gasteiger partial charge in [-0.2, -0.15) is 13.5 Å². The van der Waals surface area contributed by atoms with E-state index in [0.717, 1.165) is 3.57 Å². The number of nitrogens with one attached hydrogen (secondary N) is 1. The largest absolute Gasteiger partial charge is 0.492 e. The van der Waals surface area contributed by atoms with Gasteiger partial charge in [0.2, 0.25) is 0 Å². The number of methoxy groups -OCH3 is 1. The highest BCUT2D eigenvalue weighted by Gasteiger charge is 2.12. The van der Waals surface area contributed by atoms with Gasteiger partial charge in [-0.05, 0) is 59.3 Å². The van der Waals surface area contributed by atoms with Crippen molar-refractivity contribution < 1.29 is 17.9 Å². The molecule has 0 bridgehead atoms. The van der Waals surface area contributed by atoms with E-state index < -0.39 is 10.0 Å². The normalized spacial score (nSPS) is 11.5. The molecule has 24 heavy (non-hydrogen) atoms. The van der Waals surface area contributed by atoms with Gasteiger partial charge in [0.1, 0.15) is 0 Å². The highest BCUT2D eigenvalue weighted by Crippen LogP contribution is 2.33. The molecule has 0 aromatic heterocycles. The number of nitrogens with zero attached hydrogens (tertiary/aromatic N) is 1. The number of halogens is 1. The van der Waals surface area contributed by atoms with Crippen LogP contribution >= 0.6 is 22.6 Å². The van der Waals surface area contributed by atoms with Crippen molar-refractivity contribution in [2.75, 3.05) is 13.7 Å². The van der Waals surface area contributed by atoms with E-state index in [0.29, 0.717) is 23.7 Å². The van der Waals surface area contributed by atoms with Gasteiger partial charge in [-0.15, -0.1) is 0 Å². The molecule has 1 N–H and O–H groups in total. The van der Waals surface area contributed by atoms with Crippen molar-refractivity contribution in [3.63, 3.8) is 0 Å². The molecular formula is C16H17IN2O4S. The van der Waals surface area contributed by atoms with E-state index in [9.17, 15) is 8.42 Å². The lowest BCUT2D eigenvalue weighted by Crippen LogP contribution is -2.18. The van der Waals surface area contributed by atoms with Gasteiger partial charge in [0.05, 0.1) is 28.4 Å². The standard InChI is InChI=1S/C16H17IN2O4S/c1-3-23-15-10-12(9-14(17)16(15)22-2)11-18-19-24(20,21)13-7-5-4-6-8-13/h4-11,19H,3H2,1-2H3/b18-11+. The van der Waals surface area contributed by atoms with Gasteiger partial charge < -0.3 is 9.47 Å². The second kappa shape index (κ2) is 8.34. The molecule has 0 radical (unpaired) electrons. The SMILES string of the molecule is CCOc1cc(/C=N/NS(=O)(=O)c2ccccc2)cc(I)c1OC. The molecule has 0 heterocycles. The molecule has 0 amide bonds. The number of ether oxygens (including phenoxy) is 2. The Hall–Kier alpha value is -1.81. The lowest BCUT2D eigenvalue weighted by molar-refractivity contribution is 0.309. The maximum atomic E-state index is 12.1. The third-order valence-corrected chi connectivity index (χ3v) is 5.02. The molecule has 2 aromatic rings. The zero-order valence-corrected chi connectivity index (χ0v) is 16.2. The molecule has 2 rings (SSSR count). The second-order valence-electron chi connectivity index (χ2n) is 4.63. The first-order chi connectivity index (χ1) is 11.5. The molecule has 2 aromatic carbocycles. The predicted octanol–water partition coefficient (Wildman–Crippen LogP) is 3.01. The molecule has 0 saturated heterocycles. The summed E-state index contributed by atoms with van der Waals surface area (Å²) in [6, 6.07) is 11.6. The number of hydrazone groups is 1. The van der Waals surface area contributed by atoms with Crippen LogP contribution in [0.5, 0.6) is 11.5 Å². The molecule has 0 aliphatic carbocycles. The van der Waals surface area contributed by atoms with E-state index in [1.165, 1.54) is 18.3 Å². The van der Waals surface area contributed by atoms with Gasteiger partial charge >= 0.3 is 0 Å². The zero-order valence-electron chi connectivity index (χ0n) is 13.2. The summed E-state index contributed by atoms with van der Waals surface area (Å²) >= 11 is 2.12. The van der Waals surface area contributed by atoms with Crippen LogP contribution < -0.4 is 14.3 Å². The van der Waals surface area contributed by atoms with E-state index >= 15 is 0 Å². The van der Waals surface area contributed by atoms with Gasteiger partial charge in [0.15, 0.2) is 11.5 Å². The summed E-state index contributed by atoms with van der Waals surface area (Å²) in [5.74, 6) is 1.22. The second-order valence-corrected chi connectivity index (χ2v) is 7.46. The van der Waals surface area contributed by atoms with Crippen LogP contribution in [0, 0.1) is 3.57 Å². The quantitative estimate of drug-likeness (QED) is 0.392. The van der Waals surface area contributed by atoms with Crippen molar-refractivity contribution in [3.8, 4) is 11.5 Å². The topological polar surface area (TPSA) is 77.0 Å². The van der Waals surface area contributed by atoms with Gasteiger partial charge in [-0.25, -0.2) is 4.83 Å². The van der Waals surface area contributed by atoms with Crippen molar-refractivity contribution >= 4 is 38.8 Å². The van der Waals surface area contributed by atoms with Crippen molar-refractivity contribution in [3.05, 3.63) is 51.6 Å². The van der Waals surface area contributed by atoms with Gasteiger partial charge in [0.25, 0.3) is 10.0 Å². The monoisotopic (exact) mass is 460 g/mol. The maximum absolute atomic E-state index is 12.1. The fourth-order valence-electron chi connectivity index (χ4n) is 1.95. The highest BCUT2D eigenvalue weighted by atomic mass is 127. The zero-order chi connectivity index (χ0) is 17.6. The summed E-state index contributed by atoms with van der Waals surface area (Å²) in [7, 11) is -2.11. The summed E-state index contributed by atoms with van der Waals surface area (Å²) in [6.07, 6.45) is 1.42. The van der Waals surface area contributed by atoms with Gasteiger partial charge in [0, 0.05) is 0 Å². The molecule has 0 aliphatic heterocycles. The van der Waals surface area contributed by atoms with Crippen molar-refractivity contribution in [2.24, 2.45) is 5.10 Å². The van der Waals surface area contributed by atoms with Crippen LogP contribution in [0.4, 0.5) is 0 Å². The Morgan fingerprint density at radius 1 is 1.25 bits per heavy atom. The summed E-state index contributed by atoms with van der Waals surface area (Å²) in [4.78, 5) is 2.34. The van der Waals surface area contributed by atoms with E-state index in [-0.39, 0.29) is 4.90 Å². The minimum atomic E-state index is -3.68. The highest BCUT2D eigenvalue weighted by molar-refractivity contribution is 14.1. The van der Waals surface area contributed by atoms with Crippen molar-refractivity contribution in [1.29, 1.82) is 0 Å². The summed E-state index contributed by atoms with van der Waals surface area (Å²) in [5.41, 5.74) is 0.694. The molecule has 8 heteroatoms. The molecule has 0 atom stereocenters. The Morgan fingerprint density at radius 2 is 1.96 bits per heavy atom. The van der Waals surface area contributed by atoms with Crippen LogP contribution in [0.15, 0.2) is 52.5 Å². The number of hydrogen-bond donors (Lipinski definition) is 1. The van der Waals surface area contributed by atoms with E-state index in [4.69, 9.17) is 9.47 Å². The summed E-state index contributed by atoms with van der Waals surface area (Å²) in [5, 5.41) is 3.82. The first kappa shape index (κ1) is 18.5. The third kappa shape index (κ3) is 4.60. The number of benzene rings is 2. The fraction of sp³-hybridized carbons (Fsp3) is 0.188. The minimum Gasteiger partial charge on any atom is -0.492 e. The van der Waals surface area contributed by atoms with Crippen molar-refractivity contribution in [2.45, 2.75) is 11.8 Å². The fourth-order valence-corrected chi connectivity index (χ4v) is 3.60. The average molecular weight is 460 g/mol. The molecule has 6 nitrogen and oxygen atoms in total. The Kier molecular flexibility index (Phi) is 6.44. The molecule has 128 valence electrons. The smallest absolute Gasteiger partial charge is 0.276 e. The van der Waals surface area contributed by atoms with Crippen LogP contribution in [0.1, 0.15) is 12.5 Å². The molecule has 0 saturated carbocycles. The van der Waals surface area contributed by atoms with Crippen molar-refractivity contribution in [1.82, 2.24) is 4.83 Å². The number of sulfonamides is 1. The lowest BCUT2D eigenvalue weighted by Gasteiger charge is -2.11. The van der Waals surface area contributed by atoms with E-state index in [2.05, 4.69) is 32.5 Å². The van der Waals surface area contributed by atoms with Crippen LogP contribution in [-0.4, -0.2) is 28.3 Å². The number of hydrogen-bond acceptors (Lipinski definition) is 5. The van der Waals surface area contributed by atoms with Crippen LogP contribution in [0.25, 0.3) is 0 Å². The first-order valence-corrected chi connectivity index (χ1v) is 9.64. The number of rotatable bonds is 7. The summed E-state index contributed by atoms with van der Waals surface area (Å²) < 4.78 is 35.9. The minimum absolute atomic E-state index is 0.154. The maximum Gasteiger partial charge on any atom is 0.276 e. The Balaban J connectivity index is 2.20. The molecule has 0 aliphatic rings. The molecule has 0 fully saturated rings. The molecule has 0 unspecified atom stereocenters. The Labute approximate surface area is 155 Å². The molecular weight excluding hydrogens is 443 g/mol. The van der Waals surface area contributed by atoms with Crippen LogP contribution in [-0.2, 0) is 10.0 Å². The Morgan fingerprint density at radius 3 is 2.58 bits per heavy atom. The van der Waals surface area contributed by atoms with Gasteiger partial charge in [-0.3, -0.25) is 0 Å². The molecule has 0 spiro atoms. The van der Waals surface area contributed by atoms with E-state index in [1.54, 1.807) is 31.4 Å². The average Bonchev–Trinajstić information content (AvgIpc) is 2.56. The van der Waals surface area contributed by atoms with Gasteiger partial charge in [-0.1, -0.05) is 18.2 Å². The first-order valence-electron chi connectivity index (χ1n) is 7.08. The van der Waals surface area contributed by atoms with Crippen LogP contribution in [0.2, 0.25) is 0 Å². The predicted molar refractivity (Wildman–Crippen MR) is 101 cm³/mol. The Bertz CT molecular complexity index is 823. The third-order valence-electron chi connectivity index (χ3n) is 2.98. The lowest BCUT2D eigenvalue weighted by atomic mass is 10.2. The summed E-state index contributed by atoms with van der Waals surface area (Å²) in [6.45, 7) is 2.37. The van der Waals surface area contributed by atoms with Crippen LogP contribution in [0.3, 0.4) is 0 Å².